The third-order valence-corrected chi connectivity index (χ3v) is 5.35. The van der Waals surface area contributed by atoms with Crippen LogP contribution in [0.3, 0.4) is 0 Å². The number of alkyl halides is 1. The van der Waals surface area contributed by atoms with Crippen molar-refractivity contribution in [3.8, 4) is 0 Å². The summed E-state index contributed by atoms with van der Waals surface area (Å²) in [6.07, 6.45) is 1.78. The van der Waals surface area contributed by atoms with Crippen LogP contribution in [0.5, 0.6) is 0 Å². The van der Waals surface area contributed by atoms with Gasteiger partial charge in [-0.2, -0.15) is 0 Å². The highest BCUT2D eigenvalue weighted by Gasteiger charge is 2.10. The molecule has 0 unspecified atom stereocenters. The van der Waals surface area contributed by atoms with Crippen molar-refractivity contribution >= 4 is 43.4 Å². The number of rotatable bonds is 6. The molecule has 0 amide bonds. The molecule has 0 spiro atoms. The number of para-hydroxylation sites is 1. The number of nitrogens with one attached hydrogen (secondary N) is 1. The second-order valence-corrected chi connectivity index (χ2v) is 7.01. The van der Waals surface area contributed by atoms with Crippen LogP contribution in [0.15, 0.2) is 41.8 Å². The van der Waals surface area contributed by atoms with Crippen molar-refractivity contribution in [3.05, 3.63) is 36.9 Å². The van der Waals surface area contributed by atoms with Crippen LogP contribution in [0.1, 0.15) is 0 Å². The van der Waals surface area contributed by atoms with Crippen molar-refractivity contribution < 1.29 is 8.42 Å². The highest BCUT2D eigenvalue weighted by atomic mass is 79.9. The molecule has 0 aliphatic carbocycles. The van der Waals surface area contributed by atoms with Crippen LogP contribution in [0, 0.1) is 0 Å². The van der Waals surface area contributed by atoms with E-state index >= 15 is 0 Å². The minimum atomic E-state index is -3.29. The molecule has 0 aliphatic heterocycles. The van der Waals surface area contributed by atoms with E-state index in [2.05, 4.69) is 27.2 Å². The SMILES string of the molecule is C=CCSc1ccccc1NS(=O)(=O)CBr. The standard InChI is InChI=1S/C10H12BrNO2S2/c1-2-7-15-10-6-4-3-5-9(10)12-16(13,14)8-11/h2-6,12H,1,7-8H2. The van der Waals surface area contributed by atoms with Gasteiger partial charge in [-0.15, -0.1) is 18.3 Å². The van der Waals surface area contributed by atoms with Gasteiger partial charge in [0.15, 0.2) is 0 Å². The third kappa shape index (κ3) is 4.19. The van der Waals surface area contributed by atoms with Gasteiger partial charge < -0.3 is 0 Å². The lowest BCUT2D eigenvalue weighted by Crippen LogP contribution is -2.13. The van der Waals surface area contributed by atoms with Crippen LogP contribution in [-0.4, -0.2) is 18.8 Å². The molecule has 0 saturated heterocycles. The molecule has 0 aliphatic rings. The van der Waals surface area contributed by atoms with Gasteiger partial charge in [-0.25, -0.2) is 8.42 Å². The van der Waals surface area contributed by atoms with E-state index in [-0.39, 0.29) is 4.66 Å². The molecule has 6 heteroatoms. The van der Waals surface area contributed by atoms with Gasteiger partial charge in [-0.3, -0.25) is 4.72 Å². The predicted octanol–water partition coefficient (Wildman–Crippen LogP) is 3.06. The average molecular weight is 322 g/mol. The van der Waals surface area contributed by atoms with Crippen molar-refractivity contribution in [2.75, 3.05) is 15.1 Å². The van der Waals surface area contributed by atoms with Gasteiger partial charge in [0.1, 0.15) is 4.66 Å². The van der Waals surface area contributed by atoms with Gasteiger partial charge >= 0.3 is 0 Å². The Morgan fingerprint density at radius 2 is 2.12 bits per heavy atom. The summed E-state index contributed by atoms with van der Waals surface area (Å²) in [5.41, 5.74) is 0.605. The fraction of sp³-hybridized carbons (Fsp3) is 0.200. The molecule has 0 saturated carbocycles. The summed E-state index contributed by atoms with van der Waals surface area (Å²) < 4.78 is 25.2. The molecule has 16 heavy (non-hydrogen) atoms. The summed E-state index contributed by atoms with van der Waals surface area (Å²) in [5, 5.41) is 0. The molecular formula is C10H12BrNO2S2. The molecule has 0 fully saturated rings. The lowest BCUT2D eigenvalue weighted by Gasteiger charge is -2.09. The Labute approximate surface area is 109 Å². The molecule has 0 atom stereocenters. The average Bonchev–Trinajstić information content (AvgIpc) is 2.27. The lowest BCUT2D eigenvalue weighted by atomic mass is 10.3. The number of hydrogen-bond donors (Lipinski definition) is 1. The van der Waals surface area contributed by atoms with Crippen LogP contribution in [0.2, 0.25) is 0 Å². The summed E-state index contributed by atoms with van der Waals surface area (Å²) in [6.45, 7) is 3.63. The van der Waals surface area contributed by atoms with Gasteiger partial charge in [0.25, 0.3) is 0 Å². The quantitative estimate of drug-likeness (QED) is 0.497. The normalized spacial score (nSPS) is 11.1. The van der Waals surface area contributed by atoms with Gasteiger partial charge in [0.2, 0.25) is 10.0 Å². The van der Waals surface area contributed by atoms with Gasteiger partial charge in [-0.1, -0.05) is 34.1 Å². The zero-order valence-corrected chi connectivity index (χ0v) is 11.7. The van der Waals surface area contributed by atoms with E-state index < -0.39 is 10.0 Å². The van der Waals surface area contributed by atoms with Crippen molar-refractivity contribution in [3.63, 3.8) is 0 Å². The van der Waals surface area contributed by atoms with Crippen LogP contribution >= 0.6 is 27.7 Å². The maximum Gasteiger partial charge on any atom is 0.242 e. The summed E-state index contributed by atoms with van der Waals surface area (Å²) in [7, 11) is -3.29. The van der Waals surface area contributed by atoms with Crippen molar-refractivity contribution in [1.29, 1.82) is 0 Å². The zero-order chi connectivity index (χ0) is 12.0. The molecule has 0 aromatic heterocycles. The van der Waals surface area contributed by atoms with E-state index in [9.17, 15) is 8.42 Å². The van der Waals surface area contributed by atoms with E-state index in [1.807, 2.05) is 12.1 Å². The van der Waals surface area contributed by atoms with Crippen molar-refractivity contribution in [2.45, 2.75) is 4.90 Å². The van der Waals surface area contributed by atoms with Gasteiger partial charge in [0.05, 0.1) is 5.69 Å². The highest BCUT2D eigenvalue weighted by Crippen LogP contribution is 2.27. The number of benzene rings is 1. The largest absolute Gasteiger partial charge is 0.282 e. The maximum absolute atomic E-state index is 11.4. The van der Waals surface area contributed by atoms with Crippen LogP contribution in [0.25, 0.3) is 0 Å². The molecule has 1 aromatic carbocycles. The zero-order valence-electron chi connectivity index (χ0n) is 8.52. The maximum atomic E-state index is 11.4. The molecular weight excluding hydrogens is 310 g/mol. The third-order valence-electron chi connectivity index (χ3n) is 1.65. The molecule has 88 valence electrons. The Bertz CT molecular complexity index is 460. The minimum absolute atomic E-state index is 0.111. The molecule has 0 bridgehead atoms. The Morgan fingerprint density at radius 3 is 2.75 bits per heavy atom. The molecule has 1 N–H and O–H groups in total. The second kappa shape index (κ2) is 6.32. The first-order chi connectivity index (χ1) is 7.59. The van der Waals surface area contributed by atoms with E-state index in [1.165, 1.54) is 11.8 Å². The summed E-state index contributed by atoms with van der Waals surface area (Å²) in [5.74, 6) is 0.743. The van der Waals surface area contributed by atoms with Crippen molar-refractivity contribution in [1.82, 2.24) is 0 Å². The first kappa shape index (κ1) is 13.6. The van der Waals surface area contributed by atoms with E-state index in [0.717, 1.165) is 10.6 Å². The summed E-state index contributed by atoms with van der Waals surface area (Å²) in [6, 6.07) is 7.29. The highest BCUT2D eigenvalue weighted by molar-refractivity contribution is 9.10. The Hall–Kier alpha value is -0.460. The van der Waals surface area contributed by atoms with Gasteiger partial charge in [-0.05, 0) is 12.1 Å². The molecule has 0 radical (unpaired) electrons. The summed E-state index contributed by atoms with van der Waals surface area (Å²) in [4.78, 5) is 0.895. The van der Waals surface area contributed by atoms with Crippen LogP contribution in [0.4, 0.5) is 5.69 Å². The number of halogens is 1. The van der Waals surface area contributed by atoms with E-state index in [4.69, 9.17) is 0 Å². The Morgan fingerprint density at radius 1 is 1.44 bits per heavy atom. The first-order valence-electron chi connectivity index (χ1n) is 4.48. The number of thioether (sulfide) groups is 1. The first-order valence-corrected chi connectivity index (χ1v) is 8.24. The predicted molar refractivity (Wildman–Crippen MR) is 73.7 cm³/mol. The monoisotopic (exact) mass is 321 g/mol. The Kier molecular flexibility index (Phi) is 5.37. The molecule has 0 heterocycles. The fourth-order valence-electron chi connectivity index (χ4n) is 1.02. The summed E-state index contributed by atoms with van der Waals surface area (Å²) >= 11 is 4.47. The topological polar surface area (TPSA) is 46.2 Å². The second-order valence-electron chi connectivity index (χ2n) is 2.92. The number of hydrogen-bond acceptors (Lipinski definition) is 3. The van der Waals surface area contributed by atoms with Gasteiger partial charge in [0, 0.05) is 10.6 Å². The molecule has 1 aromatic rings. The smallest absolute Gasteiger partial charge is 0.242 e. The lowest BCUT2D eigenvalue weighted by molar-refractivity contribution is 0.606. The minimum Gasteiger partial charge on any atom is -0.282 e. The van der Waals surface area contributed by atoms with E-state index in [0.29, 0.717) is 5.69 Å². The fourth-order valence-corrected chi connectivity index (χ4v) is 2.74. The van der Waals surface area contributed by atoms with Crippen molar-refractivity contribution in [2.24, 2.45) is 0 Å². The number of anilines is 1. The van der Waals surface area contributed by atoms with E-state index in [1.54, 1.807) is 18.2 Å². The van der Waals surface area contributed by atoms with Crippen LogP contribution < -0.4 is 4.72 Å². The molecule has 3 nitrogen and oxygen atoms in total. The number of sulfonamides is 1. The van der Waals surface area contributed by atoms with Crippen LogP contribution in [-0.2, 0) is 10.0 Å². The Balaban J connectivity index is 2.90. The molecule has 1 rings (SSSR count).